The van der Waals surface area contributed by atoms with Gasteiger partial charge in [0.1, 0.15) is 0 Å². The number of aryl methyl sites for hydroxylation is 1. The van der Waals surface area contributed by atoms with E-state index < -0.39 is 0 Å². The Morgan fingerprint density at radius 2 is 1.95 bits per heavy atom. The van der Waals surface area contributed by atoms with E-state index in [0.717, 1.165) is 28.6 Å². The number of hydrogen-bond donors (Lipinski definition) is 0. The van der Waals surface area contributed by atoms with E-state index in [1.165, 1.54) is 0 Å². The summed E-state index contributed by atoms with van der Waals surface area (Å²) in [7, 11) is 0. The highest BCUT2D eigenvalue weighted by atomic mass is 79.9. The van der Waals surface area contributed by atoms with Gasteiger partial charge in [-0.2, -0.15) is 5.10 Å². The van der Waals surface area contributed by atoms with Gasteiger partial charge in [-0.05, 0) is 30.5 Å². The molecular weight excluding hydrogens is 359 g/mol. The van der Waals surface area contributed by atoms with Crippen molar-refractivity contribution in [1.29, 1.82) is 0 Å². The molecule has 2 rings (SSSR count). The molecule has 0 aliphatic rings. The smallest absolute Gasteiger partial charge is 0.0522 e. The SMILES string of the molecule is CCn1cc(CC(CCl)(CCl)c2ccccc2Br)cn1. The first-order valence-corrected chi connectivity index (χ1v) is 8.39. The molecular formula is C15H17BrCl2N2. The van der Waals surface area contributed by atoms with Crippen LogP contribution < -0.4 is 0 Å². The van der Waals surface area contributed by atoms with Crippen LogP contribution in [0.4, 0.5) is 0 Å². The van der Waals surface area contributed by atoms with Crippen molar-refractivity contribution in [3.05, 3.63) is 52.3 Å². The van der Waals surface area contributed by atoms with Crippen molar-refractivity contribution in [3.8, 4) is 0 Å². The van der Waals surface area contributed by atoms with E-state index in [9.17, 15) is 0 Å². The van der Waals surface area contributed by atoms with E-state index in [1.54, 1.807) is 0 Å². The molecule has 0 radical (unpaired) electrons. The lowest BCUT2D eigenvalue weighted by Crippen LogP contribution is -2.33. The molecule has 5 heteroatoms. The zero-order chi connectivity index (χ0) is 14.6. The molecule has 1 aromatic carbocycles. The van der Waals surface area contributed by atoms with Crippen molar-refractivity contribution in [2.75, 3.05) is 11.8 Å². The molecule has 108 valence electrons. The Labute approximate surface area is 138 Å². The second-order valence-electron chi connectivity index (χ2n) is 4.91. The van der Waals surface area contributed by atoms with Crippen LogP contribution in [-0.2, 0) is 18.4 Å². The normalized spacial score (nSPS) is 11.8. The van der Waals surface area contributed by atoms with Gasteiger partial charge in [0.15, 0.2) is 0 Å². The van der Waals surface area contributed by atoms with Gasteiger partial charge in [-0.3, -0.25) is 4.68 Å². The van der Waals surface area contributed by atoms with Crippen molar-refractivity contribution in [2.24, 2.45) is 0 Å². The summed E-state index contributed by atoms with van der Waals surface area (Å²) < 4.78 is 2.96. The number of halogens is 3. The number of benzene rings is 1. The molecule has 0 unspecified atom stereocenters. The van der Waals surface area contributed by atoms with Crippen LogP contribution in [0.3, 0.4) is 0 Å². The minimum Gasteiger partial charge on any atom is -0.273 e. The number of hydrogen-bond acceptors (Lipinski definition) is 1. The van der Waals surface area contributed by atoms with E-state index in [-0.39, 0.29) is 5.41 Å². The minimum atomic E-state index is -0.287. The molecule has 2 nitrogen and oxygen atoms in total. The molecule has 0 atom stereocenters. The molecule has 1 aromatic heterocycles. The summed E-state index contributed by atoms with van der Waals surface area (Å²) in [6.07, 6.45) is 4.74. The predicted molar refractivity (Wildman–Crippen MR) is 88.9 cm³/mol. The molecule has 0 aliphatic heterocycles. The van der Waals surface area contributed by atoms with Gasteiger partial charge in [-0.1, -0.05) is 34.1 Å². The Morgan fingerprint density at radius 1 is 1.25 bits per heavy atom. The van der Waals surface area contributed by atoms with Crippen molar-refractivity contribution >= 4 is 39.1 Å². The number of rotatable bonds is 6. The van der Waals surface area contributed by atoms with Crippen LogP contribution in [0.15, 0.2) is 41.1 Å². The second kappa shape index (κ2) is 6.97. The molecule has 0 aliphatic carbocycles. The van der Waals surface area contributed by atoms with Crippen LogP contribution in [0.1, 0.15) is 18.1 Å². The van der Waals surface area contributed by atoms with Crippen molar-refractivity contribution in [1.82, 2.24) is 9.78 Å². The molecule has 2 aromatic rings. The first kappa shape index (κ1) is 15.9. The fraction of sp³-hybridized carbons (Fsp3) is 0.400. The summed E-state index contributed by atoms with van der Waals surface area (Å²) in [6.45, 7) is 2.94. The highest BCUT2D eigenvalue weighted by Crippen LogP contribution is 2.36. The average Bonchev–Trinajstić information content (AvgIpc) is 2.93. The Kier molecular flexibility index (Phi) is 5.53. The Morgan fingerprint density at radius 3 is 2.50 bits per heavy atom. The summed E-state index contributed by atoms with van der Waals surface area (Å²) in [4.78, 5) is 0. The lowest BCUT2D eigenvalue weighted by atomic mass is 9.79. The van der Waals surface area contributed by atoms with Crippen molar-refractivity contribution in [3.63, 3.8) is 0 Å². The third-order valence-corrected chi connectivity index (χ3v) is 5.22. The molecule has 0 fully saturated rings. The standard InChI is InChI=1S/C15H17BrCl2N2/c1-2-20-9-12(8-19-20)7-15(10-17,11-18)13-5-3-4-6-14(13)16/h3-6,8-9H,2,7,10-11H2,1H3. The molecule has 1 heterocycles. The van der Waals surface area contributed by atoms with Gasteiger partial charge in [0.2, 0.25) is 0 Å². The van der Waals surface area contributed by atoms with Crippen molar-refractivity contribution < 1.29 is 0 Å². The first-order valence-electron chi connectivity index (χ1n) is 6.53. The number of nitrogens with zero attached hydrogens (tertiary/aromatic N) is 2. The fourth-order valence-corrected chi connectivity index (χ4v) is 3.79. The van der Waals surface area contributed by atoms with Gasteiger partial charge < -0.3 is 0 Å². The molecule has 0 N–H and O–H groups in total. The third kappa shape index (κ3) is 3.21. The molecule has 0 bridgehead atoms. The molecule has 0 spiro atoms. The monoisotopic (exact) mass is 374 g/mol. The minimum absolute atomic E-state index is 0.287. The van der Waals surface area contributed by atoms with Gasteiger partial charge in [0, 0.05) is 34.4 Å². The van der Waals surface area contributed by atoms with Crippen LogP contribution in [0.25, 0.3) is 0 Å². The van der Waals surface area contributed by atoms with Gasteiger partial charge in [-0.25, -0.2) is 0 Å². The summed E-state index contributed by atoms with van der Waals surface area (Å²) in [5.41, 5.74) is 2.02. The van der Waals surface area contributed by atoms with Gasteiger partial charge in [0.25, 0.3) is 0 Å². The van der Waals surface area contributed by atoms with Gasteiger partial charge >= 0.3 is 0 Å². The van der Waals surface area contributed by atoms with Crippen molar-refractivity contribution in [2.45, 2.75) is 25.3 Å². The van der Waals surface area contributed by atoms with E-state index in [4.69, 9.17) is 23.2 Å². The maximum Gasteiger partial charge on any atom is 0.0522 e. The van der Waals surface area contributed by atoms with Crippen LogP contribution in [-0.4, -0.2) is 21.5 Å². The van der Waals surface area contributed by atoms with Crippen LogP contribution >= 0.6 is 39.1 Å². The summed E-state index contributed by atoms with van der Waals surface area (Å²) in [5, 5.41) is 4.32. The Hall–Kier alpha value is -0.510. The molecule has 0 saturated carbocycles. The maximum atomic E-state index is 6.29. The summed E-state index contributed by atoms with van der Waals surface area (Å²) in [6, 6.07) is 8.12. The molecule has 0 amide bonds. The van der Waals surface area contributed by atoms with Gasteiger partial charge in [0.05, 0.1) is 6.20 Å². The highest BCUT2D eigenvalue weighted by molar-refractivity contribution is 9.10. The number of alkyl halides is 2. The van der Waals surface area contributed by atoms with Crippen LogP contribution in [0, 0.1) is 0 Å². The van der Waals surface area contributed by atoms with E-state index in [1.807, 2.05) is 29.1 Å². The van der Waals surface area contributed by atoms with Crippen LogP contribution in [0.2, 0.25) is 0 Å². The zero-order valence-electron chi connectivity index (χ0n) is 11.3. The summed E-state index contributed by atoms with van der Waals surface area (Å²) in [5.74, 6) is 0.937. The second-order valence-corrected chi connectivity index (χ2v) is 6.30. The lowest BCUT2D eigenvalue weighted by Gasteiger charge is -2.31. The lowest BCUT2D eigenvalue weighted by molar-refractivity contribution is 0.533. The predicted octanol–water partition coefficient (Wildman–Crippen LogP) is 4.62. The van der Waals surface area contributed by atoms with E-state index in [0.29, 0.717) is 11.8 Å². The molecule has 0 saturated heterocycles. The Bertz CT molecular complexity index is 565. The zero-order valence-corrected chi connectivity index (χ0v) is 14.4. The largest absolute Gasteiger partial charge is 0.273 e. The van der Waals surface area contributed by atoms with E-state index >= 15 is 0 Å². The molecule has 20 heavy (non-hydrogen) atoms. The topological polar surface area (TPSA) is 17.8 Å². The first-order chi connectivity index (χ1) is 9.65. The quantitative estimate of drug-likeness (QED) is 0.673. The third-order valence-electron chi connectivity index (χ3n) is 3.51. The maximum absolute atomic E-state index is 6.29. The van der Waals surface area contributed by atoms with E-state index in [2.05, 4.69) is 40.2 Å². The summed E-state index contributed by atoms with van der Waals surface area (Å²) >= 11 is 16.2. The fourth-order valence-electron chi connectivity index (χ4n) is 2.32. The van der Waals surface area contributed by atoms with Gasteiger partial charge in [-0.15, -0.1) is 23.2 Å². The van der Waals surface area contributed by atoms with Crippen LogP contribution in [0.5, 0.6) is 0 Å². The average molecular weight is 376 g/mol. The Balaban J connectivity index is 2.37. The number of aromatic nitrogens is 2. The highest BCUT2D eigenvalue weighted by Gasteiger charge is 2.33.